The van der Waals surface area contributed by atoms with Crippen LogP contribution in [0.5, 0.6) is 5.75 Å². The quantitative estimate of drug-likeness (QED) is 0.926. The molecule has 6 heteroatoms. The van der Waals surface area contributed by atoms with Crippen LogP contribution in [-0.2, 0) is 6.18 Å². The molecule has 0 spiro atoms. The van der Waals surface area contributed by atoms with Gasteiger partial charge < -0.3 is 10.5 Å². The van der Waals surface area contributed by atoms with Crippen LogP contribution in [0, 0.1) is 0 Å². The Balaban J connectivity index is 3.39. The lowest BCUT2D eigenvalue weighted by atomic mass is 9.98. The number of benzene rings is 1. The van der Waals surface area contributed by atoms with Gasteiger partial charge in [-0.15, -0.1) is 0 Å². The van der Waals surface area contributed by atoms with Crippen LogP contribution in [0.1, 0.15) is 24.0 Å². The van der Waals surface area contributed by atoms with E-state index in [1.165, 1.54) is 7.11 Å². The van der Waals surface area contributed by atoms with Gasteiger partial charge in [-0.3, -0.25) is 0 Å². The van der Waals surface area contributed by atoms with E-state index in [0.29, 0.717) is 11.3 Å². The molecular weight excluding hydrogens is 299 g/mol. The highest BCUT2D eigenvalue weighted by Gasteiger charge is 2.32. The van der Waals surface area contributed by atoms with Gasteiger partial charge in [-0.2, -0.15) is 13.2 Å². The highest BCUT2D eigenvalue weighted by Crippen LogP contribution is 2.40. The number of halogens is 4. The Kier molecular flexibility index (Phi) is 4.43. The fourth-order valence-corrected chi connectivity index (χ4v) is 2.12. The fourth-order valence-electron chi connectivity index (χ4n) is 1.49. The van der Waals surface area contributed by atoms with Crippen LogP contribution in [0.25, 0.3) is 0 Å². The number of alkyl halides is 3. The van der Waals surface area contributed by atoms with Crippen LogP contribution in [0.15, 0.2) is 16.6 Å². The molecule has 2 N–H and O–H groups in total. The number of ether oxygens (including phenoxy) is 1. The van der Waals surface area contributed by atoms with Crippen LogP contribution in [0.2, 0.25) is 0 Å². The Bertz CT molecular complexity index is 406. The first-order valence-electron chi connectivity index (χ1n) is 4.96. The standard InChI is InChI=1S/C11H13BrF3NO/c1-6(5-16)8-3-7(11(13,14)15)4-9(12)10(8)17-2/h3-4,6H,5,16H2,1-2H3. The van der Waals surface area contributed by atoms with E-state index >= 15 is 0 Å². The van der Waals surface area contributed by atoms with E-state index in [-0.39, 0.29) is 16.9 Å². The second-order valence-corrected chi connectivity index (χ2v) is 4.57. The maximum atomic E-state index is 12.7. The molecule has 0 aliphatic rings. The summed E-state index contributed by atoms with van der Waals surface area (Å²) in [5.41, 5.74) is 5.23. The van der Waals surface area contributed by atoms with Crippen LogP contribution in [0.4, 0.5) is 13.2 Å². The van der Waals surface area contributed by atoms with E-state index in [9.17, 15) is 13.2 Å². The summed E-state index contributed by atoms with van der Waals surface area (Å²) in [6, 6.07) is 2.09. The van der Waals surface area contributed by atoms with Crippen LogP contribution >= 0.6 is 15.9 Å². The molecule has 96 valence electrons. The lowest BCUT2D eigenvalue weighted by molar-refractivity contribution is -0.137. The van der Waals surface area contributed by atoms with E-state index in [0.717, 1.165) is 12.1 Å². The van der Waals surface area contributed by atoms with Gasteiger partial charge in [0.2, 0.25) is 0 Å². The summed E-state index contributed by atoms with van der Waals surface area (Å²) in [4.78, 5) is 0. The number of methoxy groups -OCH3 is 1. The van der Waals surface area contributed by atoms with E-state index < -0.39 is 11.7 Å². The predicted molar refractivity (Wildman–Crippen MR) is 63.2 cm³/mol. The summed E-state index contributed by atoms with van der Waals surface area (Å²) in [6.45, 7) is 2.01. The Morgan fingerprint density at radius 2 is 2.00 bits per heavy atom. The lowest BCUT2D eigenvalue weighted by Gasteiger charge is -2.18. The largest absolute Gasteiger partial charge is 0.495 e. The molecule has 0 bridgehead atoms. The Morgan fingerprint density at radius 1 is 1.41 bits per heavy atom. The molecule has 0 saturated carbocycles. The van der Waals surface area contributed by atoms with Crippen molar-refractivity contribution >= 4 is 15.9 Å². The van der Waals surface area contributed by atoms with Gasteiger partial charge in [-0.25, -0.2) is 0 Å². The van der Waals surface area contributed by atoms with Crippen molar-refractivity contribution in [3.05, 3.63) is 27.7 Å². The molecule has 2 nitrogen and oxygen atoms in total. The molecule has 0 saturated heterocycles. The maximum absolute atomic E-state index is 12.7. The minimum atomic E-state index is -4.38. The molecule has 0 aromatic heterocycles. The third-order valence-corrected chi connectivity index (χ3v) is 3.08. The third-order valence-electron chi connectivity index (χ3n) is 2.49. The van der Waals surface area contributed by atoms with E-state index in [2.05, 4.69) is 15.9 Å². The molecule has 1 aromatic carbocycles. The first-order valence-corrected chi connectivity index (χ1v) is 5.75. The second-order valence-electron chi connectivity index (χ2n) is 3.72. The van der Waals surface area contributed by atoms with Gasteiger partial charge >= 0.3 is 6.18 Å². The van der Waals surface area contributed by atoms with Crippen molar-refractivity contribution in [2.75, 3.05) is 13.7 Å². The molecule has 1 aromatic rings. The monoisotopic (exact) mass is 311 g/mol. The molecule has 1 unspecified atom stereocenters. The highest BCUT2D eigenvalue weighted by atomic mass is 79.9. The summed E-state index contributed by atoms with van der Waals surface area (Å²) >= 11 is 3.08. The highest BCUT2D eigenvalue weighted by molar-refractivity contribution is 9.10. The normalized spacial score (nSPS) is 13.6. The second kappa shape index (κ2) is 5.27. The minimum absolute atomic E-state index is 0.205. The van der Waals surface area contributed by atoms with Crippen molar-refractivity contribution in [1.82, 2.24) is 0 Å². The lowest BCUT2D eigenvalue weighted by Crippen LogP contribution is -2.13. The Labute approximate surface area is 106 Å². The van der Waals surface area contributed by atoms with Gasteiger partial charge in [0, 0.05) is 0 Å². The average Bonchev–Trinajstić information content (AvgIpc) is 2.25. The molecule has 0 amide bonds. The number of rotatable bonds is 3. The zero-order valence-corrected chi connectivity index (χ0v) is 11.0. The molecule has 1 atom stereocenters. The Morgan fingerprint density at radius 3 is 2.41 bits per heavy atom. The first kappa shape index (κ1) is 14.3. The first-order chi connectivity index (χ1) is 7.81. The number of hydrogen-bond acceptors (Lipinski definition) is 2. The molecule has 0 aliphatic carbocycles. The van der Waals surface area contributed by atoms with Crippen LogP contribution in [-0.4, -0.2) is 13.7 Å². The summed E-state index contributed by atoms with van der Waals surface area (Å²) in [6.07, 6.45) is -4.38. The average molecular weight is 312 g/mol. The van der Waals surface area contributed by atoms with Gasteiger partial charge in [0.25, 0.3) is 0 Å². The minimum Gasteiger partial charge on any atom is -0.495 e. The topological polar surface area (TPSA) is 35.2 Å². The molecule has 0 fully saturated rings. The zero-order chi connectivity index (χ0) is 13.2. The smallest absolute Gasteiger partial charge is 0.416 e. The third kappa shape index (κ3) is 3.13. The summed E-state index contributed by atoms with van der Waals surface area (Å²) < 4.78 is 43.4. The van der Waals surface area contributed by atoms with Gasteiger partial charge in [0.15, 0.2) is 0 Å². The van der Waals surface area contributed by atoms with Gasteiger partial charge in [0.05, 0.1) is 17.1 Å². The zero-order valence-electron chi connectivity index (χ0n) is 9.44. The van der Waals surface area contributed by atoms with Gasteiger partial charge in [0.1, 0.15) is 5.75 Å². The van der Waals surface area contributed by atoms with E-state index in [1.54, 1.807) is 6.92 Å². The predicted octanol–water partition coefficient (Wildman–Crippen LogP) is 3.54. The van der Waals surface area contributed by atoms with Crippen molar-refractivity contribution < 1.29 is 17.9 Å². The Hall–Kier alpha value is -0.750. The molecule has 17 heavy (non-hydrogen) atoms. The van der Waals surface area contributed by atoms with E-state index in [4.69, 9.17) is 10.5 Å². The SMILES string of the molecule is COc1c(Br)cc(C(F)(F)F)cc1C(C)CN. The molecule has 1 rings (SSSR count). The van der Waals surface area contributed by atoms with Crippen molar-refractivity contribution in [3.8, 4) is 5.75 Å². The summed E-state index contributed by atoms with van der Waals surface area (Å²) in [5, 5.41) is 0. The summed E-state index contributed by atoms with van der Waals surface area (Å²) in [5.74, 6) is 0.194. The molecule has 0 aliphatic heterocycles. The van der Waals surface area contributed by atoms with Crippen molar-refractivity contribution in [3.63, 3.8) is 0 Å². The van der Waals surface area contributed by atoms with Gasteiger partial charge in [-0.1, -0.05) is 6.92 Å². The van der Waals surface area contributed by atoms with Crippen molar-refractivity contribution in [1.29, 1.82) is 0 Å². The number of nitrogens with two attached hydrogens (primary N) is 1. The van der Waals surface area contributed by atoms with Crippen molar-refractivity contribution in [2.24, 2.45) is 5.73 Å². The van der Waals surface area contributed by atoms with Crippen molar-refractivity contribution in [2.45, 2.75) is 19.0 Å². The van der Waals surface area contributed by atoms with E-state index in [1.807, 2.05) is 0 Å². The molecular formula is C11H13BrF3NO. The maximum Gasteiger partial charge on any atom is 0.416 e. The van der Waals surface area contributed by atoms with Crippen LogP contribution in [0.3, 0.4) is 0 Å². The fraction of sp³-hybridized carbons (Fsp3) is 0.455. The summed E-state index contributed by atoms with van der Waals surface area (Å²) in [7, 11) is 1.42. The number of hydrogen-bond donors (Lipinski definition) is 1. The van der Waals surface area contributed by atoms with Gasteiger partial charge in [-0.05, 0) is 46.1 Å². The molecule has 0 radical (unpaired) electrons. The molecule has 0 heterocycles. The van der Waals surface area contributed by atoms with Crippen LogP contribution < -0.4 is 10.5 Å².